The number of hydrogen-bond acceptors (Lipinski definition) is 8. The van der Waals surface area contributed by atoms with Gasteiger partial charge < -0.3 is 30.6 Å². The summed E-state index contributed by atoms with van der Waals surface area (Å²) in [6.45, 7) is 1.38. The van der Waals surface area contributed by atoms with Crippen molar-refractivity contribution < 1.29 is 14.2 Å². The van der Waals surface area contributed by atoms with Crippen molar-refractivity contribution in [1.82, 2.24) is 9.97 Å². The highest BCUT2D eigenvalue weighted by Crippen LogP contribution is 2.42. The van der Waals surface area contributed by atoms with Gasteiger partial charge in [-0.15, -0.1) is 0 Å². The van der Waals surface area contributed by atoms with Crippen molar-refractivity contribution in [2.45, 2.75) is 25.6 Å². The Morgan fingerprint density at radius 1 is 0.905 bits per heavy atom. The molecule has 0 saturated carbocycles. The molecule has 0 spiro atoms. The van der Waals surface area contributed by atoms with E-state index in [-0.39, 0.29) is 6.04 Å². The van der Waals surface area contributed by atoms with Gasteiger partial charge in [-0.25, -0.2) is 0 Å². The van der Waals surface area contributed by atoms with Gasteiger partial charge in [-0.3, -0.25) is 9.97 Å². The molecule has 1 atom stereocenters. The zero-order chi connectivity index (χ0) is 28.9. The molecule has 0 radical (unpaired) electrons. The van der Waals surface area contributed by atoms with Crippen LogP contribution in [0.1, 0.15) is 22.3 Å². The van der Waals surface area contributed by atoms with Gasteiger partial charge in [0, 0.05) is 64.8 Å². The number of aromatic nitrogens is 2. The summed E-state index contributed by atoms with van der Waals surface area (Å²) >= 11 is 0. The first-order valence-corrected chi connectivity index (χ1v) is 13.8. The summed E-state index contributed by atoms with van der Waals surface area (Å²) in [6.07, 6.45) is 11.9. The molecule has 1 aliphatic rings. The number of methoxy groups -OCH3 is 1. The second kappa shape index (κ2) is 12.2. The van der Waals surface area contributed by atoms with Crippen molar-refractivity contribution in [3.63, 3.8) is 0 Å². The van der Waals surface area contributed by atoms with Gasteiger partial charge in [0.25, 0.3) is 0 Å². The molecule has 0 unspecified atom stereocenters. The smallest absolute Gasteiger partial charge is 0.168 e. The molecule has 8 nitrogen and oxygen atoms in total. The van der Waals surface area contributed by atoms with Crippen molar-refractivity contribution in [2.24, 2.45) is 5.73 Å². The van der Waals surface area contributed by atoms with Crippen molar-refractivity contribution in [1.29, 1.82) is 0 Å². The van der Waals surface area contributed by atoms with Crippen LogP contribution in [0.15, 0.2) is 97.7 Å². The average molecular weight is 560 g/mol. The van der Waals surface area contributed by atoms with Crippen molar-refractivity contribution in [2.75, 3.05) is 24.4 Å². The molecule has 5 aromatic rings. The first-order valence-electron chi connectivity index (χ1n) is 13.8. The molecule has 0 aliphatic carbocycles. The van der Waals surface area contributed by atoms with E-state index in [0.29, 0.717) is 42.7 Å². The number of hydrogen-bond donors (Lipinski definition) is 2. The fraction of sp³-hybridized carbons (Fsp3) is 0.176. The monoisotopic (exact) mass is 559 g/mol. The van der Waals surface area contributed by atoms with E-state index >= 15 is 0 Å². The first kappa shape index (κ1) is 27.1. The molecule has 0 fully saturated rings. The predicted octanol–water partition coefficient (Wildman–Crippen LogP) is 5.74. The zero-order valence-electron chi connectivity index (χ0n) is 23.4. The van der Waals surface area contributed by atoms with Gasteiger partial charge in [0.2, 0.25) is 0 Å². The largest absolute Gasteiger partial charge is 0.492 e. The Morgan fingerprint density at radius 2 is 1.76 bits per heavy atom. The summed E-state index contributed by atoms with van der Waals surface area (Å²) in [5.74, 6) is 1.97. The Balaban J connectivity index is 1.20. The van der Waals surface area contributed by atoms with E-state index in [4.69, 9.17) is 25.7 Å². The average Bonchev–Trinajstić information content (AvgIpc) is 3.03. The van der Waals surface area contributed by atoms with Crippen LogP contribution in [0.4, 0.5) is 11.4 Å². The summed E-state index contributed by atoms with van der Waals surface area (Å²) in [5, 5.41) is 1.82. The third kappa shape index (κ3) is 5.84. The third-order valence-electron chi connectivity index (χ3n) is 7.32. The molecule has 212 valence electrons. The number of fused-ring (bicyclic) bond motifs is 2. The van der Waals surface area contributed by atoms with Crippen LogP contribution in [0.2, 0.25) is 0 Å². The topological polar surface area (TPSA) is 109 Å². The first-order chi connectivity index (χ1) is 20.6. The zero-order valence-corrected chi connectivity index (χ0v) is 23.4. The van der Waals surface area contributed by atoms with Gasteiger partial charge in [0.15, 0.2) is 11.5 Å². The van der Waals surface area contributed by atoms with Gasteiger partial charge >= 0.3 is 0 Å². The number of nitrogens with zero attached hydrogens (tertiary/aromatic N) is 3. The van der Waals surface area contributed by atoms with Crippen LogP contribution >= 0.6 is 0 Å². The molecule has 3 aromatic carbocycles. The third-order valence-corrected chi connectivity index (χ3v) is 7.32. The number of pyridine rings is 2. The number of ether oxygens (including phenoxy) is 3. The highest BCUT2D eigenvalue weighted by Gasteiger charge is 2.20. The van der Waals surface area contributed by atoms with Crippen molar-refractivity contribution >= 4 is 28.2 Å². The SMILES string of the molecule is COc1c(OCc2cccnc2)ccc2c(N)c3c(cc12)CN(c1cncc(OC[C@H](N)Cc2ccccc2)c1)C=C3. The van der Waals surface area contributed by atoms with Gasteiger partial charge in [-0.05, 0) is 47.9 Å². The van der Waals surface area contributed by atoms with Gasteiger partial charge in [0.1, 0.15) is 19.0 Å². The molecule has 0 amide bonds. The molecule has 4 N–H and O–H groups in total. The Bertz CT molecular complexity index is 1710. The molecule has 3 heterocycles. The maximum absolute atomic E-state index is 6.69. The van der Waals surface area contributed by atoms with E-state index < -0.39 is 0 Å². The van der Waals surface area contributed by atoms with E-state index in [1.807, 2.05) is 67.0 Å². The molecule has 1 aliphatic heterocycles. The Hall–Kier alpha value is -5.08. The van der Waals surface area contributed by atoms with Crippen LogP contribution in [-0.4, -0.2) is 29.7 Å². The van der Waals surface area contributed by atoms with Crippen LogP contribution in [-0.2, 0) is 19.6 Å². The van der Waals surface area contributed by atoms with Crippen LogP contribution in [0.25, 0.3) is 16.8 Å². The highest BCUT2D eigenvalue weighted by molar-refractivity contribution is 6.03. The fourth-order valence-corrected chi connectivity index (χ4v) is 5.22. The number of rotatable bonds is 10. The van der Waals surface area contributed by atoms with Gasteiger partial charge in [-0.1, -0.05) is 36.4 Å². The fourth-order valence-electron chi connectivity index (χ4n) is 5.22. The molecule has 6 rings (SSSR count). The van der Waals surface area contributed by atoms with Crippen LogP contribution in [0.3, 0.4) is 0 Å². The van der Waals surface area contributed by atoms with E-state index in [1.165, 1.54) is 5.56 Å². The molecule has 0 bridgehead atoms. The maximum Gasteiger partial charge on any atom is 0.168 e. The Labute approximate surface area is 245 Å². The molecular formula is C34H33N5O3. The van der Waals surface area contributed by atoms with Crippen LogP contribution < -0.4 is 30.6 Å². The van der Waals surface area contributed by atoms with Gasteiger partial charge in [0.05, 0.1) is 25.2 Å². The quantitative estimate of drug-likeness (QED) is 0.209. The van der Waals surface area contributed by atoms with E-state index in [1.54, 1.807) is 25.7 Å². The minimum atomic E-state index is -0.123. The Kier molecular flexibility index (Phi) is 7.87. The van der Waals surface area contributed by atoms with Crippen molar-refractivity contribution in [3.8, 4) is 17.2 Å². The summed E-state index contributed by atoms with van der Waals surface area (Å²) in [4.78, 5) is 10.7. The summed E-state index contributed by atoms with van der Waals surface area (Å²) in [5.41, 5.74) is 18.9. The second-order valence-corrected chi connectivity index (χ2v) is 10.3. The Morgan fingerprint density at radius 3 is 2.57 bits per heavy atom. The van der Waals surface area contributed by atoms with Crippen molar-refractivity contribution in [3.05, 3.63) is 120 Å². The molecule has 42 heavy (non-hydrogen) atoms. The minimum Gasteiger partial charge on any atom is -0.492 e. The molecule has 0 saturated heterocycles. The highest BCUT2D eigenvalue weighted by atomic mass is 16.5. The normalized spacial score (nSPS) is 13.0. The van der Waals surface area contributed by atoms with Gasteiger partial charge in [-0.2, -0.15) is 0 Å². The van der Waals surface area contributed by atoms with E-state index in [2.05, 4.69) is 33.1 Å². The second-order valence-electron chi connectivity index (χ2n) is 10.3. The maximum atomic E-state index is 6.69. The minimum absolute atomic E-state index is 0.123. The lowest BCUT2D eigenvalue weighted by molar-refractivity contribution is 0.286. The standard InChI is InChI=1S/C34H33N5O3/c1-40-34-31-15-25-20-39(27-16-28(19-38-18-27)41-22-26(35)14-23-6-3-2-4-7-23)13-11-29(25)33(36)30(31)9-10-32(34)42-21-24-8-5-12-37-17-24/h2-13,15-19,26H,14,20-22,35-36H2,1H3/t26-/m1/s1. The van der Waals surface area contributed by atoms with E-state index in [9.17, 15) is 0 Å². The van der Waals surface area contributed by atoms with E-state index in [0.717, 1.165) is 39.6 Å². The lowest BCUT2D eigenvalue weighted by atomic mass is 9.95. The summed E-state index contributed by atoms with van der Waals surface area (Å²) in [6, 6.07) is 21.9. The molecule has 2 aromatic heterocycles. The molecular weight excluding hydrogens is 526 g/mol. The number of nitrogens with two attached hydrogens (primary N) is 2. The number of anilines is 2. The summed E-state index contributed by atoms with van der Waals surface area (Å²) in [7, 11) is 1.65. The lowest BCUT2D eigenvalue weighted by Crippen LogP contribution is -2.30. The van der Waals surface area contributed by atoms with Crippen LogP contribution in [0.5, 0.6) is 17.2 Å². The molecule has 8 heteroatoms. The predicted molar refractivity (Wildman–Crippen MR) is 167 cm³/mol. The number of nitrogen functional groups attached to an aromatic ring is 1. The lowest BCUT2D eigenvalue weighted by Gasteiger charge is -2.27. The van der Waals surface area contributed by atoms with Crippen LogP contribution in [0, 0.1) is 0 Å². The summed E-state index contributed by atoms with van der Waals surface area (Å²) < 4.78 is 18.0. The number of benzene rings is 3.